The molecule has 6 nitrogen and oxygen atoms in total. The molecule has 0 radical (unpaired) electrons. The van der Waals surface area contributed by atoms with Gasteiger partial charge >= 0.3 is 0 Å². The van der Waals surface area contributed by atoms with Crippen molar-refractivity contribution < 1.29 is 13.2 Å². The van der Waals surface area contributed by atoms with Crippen LogP contribution < -0.4 is 9.62 Å². The van der Waals surface area contributed by atoms with Crippen molar-refractivity contribution in [1.29, 1.82) is 0 Å². The van der Waals surface area contributed by atoms with Crippen molar-refractivity contribution in [3.63, 3.8) is 0 Å². The summed E-state index contributed by atoms with van der Waals surface area (Å²) in [5.74, 6) is -0.242. The van der Waals surface area contributed by atoms with E-state index in [2.05, 4.69) is 10.3 Å². The van der Waals surface area contributed by atoms with E-state index in [0.717, 1.165) is 23.8 Å². The second kappa shape index (κ2) is 10.7. The van der Waals surface area contributed by atoms with Crippen molar-refractivity contribution in [1.82, 2.24) is 4.98 Å². The number of hydrogen-bond donors (Lipinski definition) is 1. The fraction of sp³-hybridized carbons (Fsp3) is 0.111. The predicted octanol–water partition coefficient (Wildman–Crippen LogP) is 5.54. The molecule has 0 bridgehead atoms. The molecule has 1 heterocycles. The van der Waals surface area contributed by atoms with Gasteiger partial charge in [0, 0.05) is 28.7 Å². The van der Waals surface area contributed by atoms with Crippen molar-refractivity contribution in [3.8, 4) is 0 Å². The molecule has 4 rings (SSSR count). The average molecular weight is 506 g/mol. The topological polar surface area (TPSA) is 79.4 Å². The molecule has 0 aliphatic rings. The molecule has 0 spiro atoms. The Morgan fingerprint density at radius 2 is 1.51 bits per heavy atom. The van der Waals surface area contributed by atoms with Crippen LogP contribution in [0.15, 0.2) is 97.3 Å². The fourth-order valence-electron chi connectivity index (χ4n) is 3.60. The number of rotatable bonds is 8. The van der Waals surface area contributed by atoms with Gasteiger partial charge in [-0.05, 0) is 77.7 Å². The third kappa shape index (κ3) is 6.68. The van der Waals surface area contributed by atoms with Gasteiger partial charge in [-0.3, -0.25) is 14.1 Å². The quantitative estimate of drug-likeness (QED) is 0.341. The second-order valence-corrected chi connectivity index (χ2v) is 10.5. The van der Waals surface area contributed by atoms with E-state index in [0.29, 0.717) is 22.0 Å². The number of sulfonamides is 1. The number of anilines is 2. The van der Waals surface area contributed by atoms with Gasteiger partial charge in [0.15, 0.2) is 0 Å². The zero-order valence-electron chi connectivity index (χ0n) is 19.1. The Morgan fingerprint density at radius 3 is 2.14 bits per heavy atom. The minimum absolute atomic E-state index is 0.125. The van der Waals surface area contributed by atoms with Gasteiger partial charge < -0.3 is 5.32 Å². The highest BCUT2D eigenvalue weighted by Gasteiger charge is 2.18. The number of nitrogens with one attached hydrogen (secondary N) is 1. The molecule has 35 heavy (non-hydrogen) atoms. The lowest BCUT2D eigenvalue weighted by Crippen LogP contribution is -2.29. The van der Waals surface area contributed by atoms with Gasteiger partial charge in [-0.25, -0.2) is 8.42 Å². The number of benzene rings is 3. The van der Waals surface area contributed by atoms with E-state index in [4.69, 9.17) is 11.6 Å². The minimum Gasteiger partial charge on any atom is -0.322 e. The summed E-state index contributed by atoms with van der Waals surface area (Å²) in [5, 5.41) is 3.35. The van der Waals surface area contributed by atoms with Gasteiger partial charge in [-0.1, -0.05) is 41.9 Å². The maximum atomic E-state index is 12.7. The van der Waals surface area contributed by atoms with Crippen LogP contribution in [-0.2, 0) is 23.0 Å². The molecule has 3 aromatic carbocycles. The first-order valence-electron chi connectivity index (χ1n) is 10.9. The van der Waals surface area contributed by atoms with Crippen molar-refractivity contribution in [2.24, 2.45) is 0 Å². The van der Waals surface area contributed by atoms with Gasteiger partial charge in [0.1, 0.15) is 0 Å². The van der Waals surface area contributed by atoms with E-state index < -0.39 is 10.0 Å². The van der Waals surface area contributed by atoms with E-state index in [9.17, 15) is 13.2 Å². The molecule has 178 valence electrons. The Bertz CT molecular complexity index is 1410. The molecule has 1 aromatic heterocycles. The lowest BCUT2D eigenvalue weighted by molar-refractivity contribution is 0.102. The SMILES string of the molecule is CS(=O)(=O)N(Cc1ccc(C(=O)Nc2ccc(Cc3ccncc3)cc2)cc1)c1cccc(Cl)c1. The van der Waals surface area contributed by atoms with E-state index in [1.54, 1.807) is 60.9 Å². The van der Waals surface area contributed by atoms with Crippen molar-refractivity contribution in [2.45, 2.75) is 13.0 Å². The van der Waals surface area contributed by atoms with Gasteiger partial charge in [-0.15, -0.1) is 0 Å². The Morgan fingerprint density at radius 1 is 0.886 bits per heavy atom. The van der Waals surface area contributed by atoms with Crippen LogP contribution in [0.4, 0.5) is 11.4 Å². The Hall–Kier alpha value is -3.68. The molecular formula is C27H24ClN3O3S. The van der Waals surface area contributed by atoms with Crippen LogP contribution in [0.25, 0.3) is 0 Å². The molecule has 0 aliphatic carbocycles. The lowest BCUT2D eigenvalue weighted by atomic mass is 10.1. The molecule has 0 aliphatic heterocycles. The third-order valence-electron chi connectivity index (χ3n) is 5.41. The van der Waals surface area contributed by atoms with Gasteiger partial charge in [-0.2, -0.15) is 0 Å². The summed E-state index contributed by atoms with van der Waals surface area (Å²) in [6.07, 6.45) is 5.48. The highest BCUT2D eigenvalue weighted by molar-refractivity contribution is 7.92. The first-order valence-corrected chi connectivity index (χ1v) is 13.1. The number of carbonyl (C=O) groups is 1. The monoisotopic (exact) mass is 505 g/mol. The number of pyridine rings is 1. The molecule has 4 aromatic rings. The van der Waals surface area contributed by atoms with Gasteiger partial charge in [0.2, 0.25) is 10.0 Å². The Labute approximate surface area is 210 Å². The summed E-state index contributed by atoms with van der Waals surface area (Å²) in [6.45, 7) is 0.125. The number of amides is 1. The standard InChI is InChI=1S/C27H24ClN3O3S/c1-35(33,34)31(26-4-2-3-24(28)18-26)19-22-5-9-23(10-6-22)27(32)30-25-11-7-20(8-12-25)17-21-13-15-29-16-14-21/h2-16,18H,17,19H2,1H3,(H,30,32). The lowest BCUT2D eigenvalue weighted by Gasteiger charge is -2.22. The zero-order chi connectivity index (χ0) is 24.8. The van der Waals surface area contributed by atoms with E-state index >= 15 is 0 Å². The molecule has 0 saturated heterocycles. The van der Waals surface area contributed by atoms with Crippen LogP contribution in [0.5, 0.6) is 0 Å². The third-order valence-corrected chi connectivity index (χ3v) is 6.78. The first kappa shape index (κ1) is 24.4. The van der Waals surface area contributed by atoms with Crippen molar-refractivity contribution >= 4 is 38.9 Å². The smallest absolute Gasteiger partial charge is 0.255 e. The average Bonchev–Trinajstić information content (AvgIpc) is 2.84. The summed E-state index contributed by atoms with van der Waals surface area (Å²) < 4.78 is 26.0. The number of aromatic nitrogens is 1. The van der Waals surface area contributed by atoms with Crippen LogP contribution in [0, 0.1) is 0 Å². The summed E-state index contributed by atoms with van der Waals surface area (Å²) in [6, 6.07) is 25.2. The summed E-state index contributed by atoms with van der Waals surface area (Å²) in [5.41, 5.74) is 4.70. The summed E-state index contributed by atoms with van der Waals surface area (Å²) >= 11 is 6.04. The molecule has 1 N–H and O–H groups in total. The van der Waals surface area contributed by atoms with Crippen molar-refractivity contribution in [2.75, 3.05) is 15.9 Å². The number of hydrogen-bond acceptors (Lipinski definition) is 4. The molecule has 0 saturated carbocycles. The maximum absolute atomic E-state index is 12.7. The largest absolute Gasteiger partial charge is 0.322 e. The summed E-state index contributed by atoms with van der Waals surface area (Å²) in [4.78, 5) is 16.7. The van der Waals surface area contributed by atoms with Gasteiger partial charge in [0.25, 0.3) is 5.91 Å². The first-order chi connectivity index (χ1) is 16.8. The van der Waals surface area contributed by atoms with Crippen LogP contribution in [0.3, 0.4) is 0 Å². The molecule has 0 fully saturated rings. The molecular weight excluding hydrogens is 482 g/mol. The number of carbonyl (C=O) groups excluding carboxylic acids is 1. The maximum Gasteiger partial charge on any atom is 0.255 e. The van der Waals surface area contributed by atoms with Crippen LogP contribution in [-0.4, -0.2) is 25.6 Å². The van der Waals surface area contributed by atoms with Crippen molar-refractivity contribution in [3.05, 3.63) is 125 Å². The van der Waals surface area contributed by atoms with Crippen LogP contribution in [0.2, 0.25) is 5.02 Å². The second-order valence-electron chi connectivity index (χ2n) is 8.13. The molecule has 0 unspecified atom stereocenters. The number of nitrogens with zero attached hydrogens (tertiary/aromatic N) is 2. The minimum atomic E-state index is -3.53. The fourth-order valence-corrected chi connectivity index (χ4v) is 4.67. The normalized spacial score (nSPS) is 11.1. The molecule has 1 amide bonds. The molecule has 8 heteroatoms. The predicted molar refractivity (Wildman–Crippen MR) is 140 cm³/mol. The van der Waals surface area contributed by atoms with Crippen LogP contribution >= 0.6 is 11.6 Å². The van der Waals surface area contributed by atoms with E-state index in [-0.39, 0.29) is 12.5 Å². The summed E-state index contributed by atoms with van der Waals surface area (Å²) in [7, 11) is -3.53. The zero-order valence-corrected chi connectivity index (χ0v) is 20.6. The Balaban J connectivity index is 1.41. The number of halogens is 1. The Kier molecular flexibility index (Phi) is 7.48. The van der Waals surface area contributed by atoms with E-state index in [1.165, 1.54) is 9.87 Å². The van der Waals surface area contributed by atoms with E-state index in [1.807, 2.05) is 36.4 Å². The van der Waals surface area contributed by atoms with Crippen LogP contribution in [0.1, 0.15) is 27.0 Å². The molecule has 0 atom stereocenters. The highest BCUT2D eigenvalue weighted by atomic mass is 35.5. The highest BCUT2D eigenvalue weighted by Crippen LogP contribution is 2.24. The van der Waals surface area contributed by atoms with Gasteiger partial charge in [0.05, 0.1) is 18.5 Å².